The molecule has 0 fully saturated rings. The van der Waals surface area contributed by atoms with Crippen LogP contribution in [0.2, 0.25) is 15.1 Å². The van der Waals surface area contributed by atoms with Crippen molar-refractivity contribution in [2.75, 3.05) is 5.32 Å². The van der Waals surface area contributed by atoms with E-state index in [2.05, 4.69) is 29.6 Å². The largest absolute Gasteiger partial charge is 0.487 e. The second-order valence-corrected chi connectivity index (χ2v) is 8.40. The normalized spacial score (nSPS) is 10.9. The Labute approximate surface area is 191 Å². The van der Waals surface area contributed by atoms with Gasteiger partial charge in [-0.05, 0) is 53.1 Å². The molecule has 0 heterocycles. The van der Waals surface area contributed by atoms with Crippen LogP contribution < -0.4 is 10.1 Å². The second kappa shape index (κ2) is 9.18. The van der Waals surface area contributed by atoms with Crippen molar-refractivity contribution in [1.29, 1.82) is 0 Å². The summed E-state index contributed by atoms with van der Waals surface area (Å²) in [5, 5.41) is 7.49. The Balaban J connectivity index is 1.59. The Morgan fingerprint density at radius 1 is 0.800 bits per heavy atom. The summed E-state index contributed by atoms with van der Waals surface area (Å²) in [6.07, 6.45) is 0. The number of anilines is 1. The zero-order valence-electron chi connectivity index (χ0n) is 16.4. The van der Waals surface area contributed by atoms with Gasteiger partial charge in [-0.3, -0.25) is 0 Å². The molecule has 0 atom stereocenters. The lowest BCUT2D eigenvalue weighted by atomic mass is 10.1. The molecule has 4 rings (SSSR count). The number of nitrogens with one attached hydrogen (secondary N) is 1. The third kappa shape index (κ3) is 4.67. The number of benzene rings is 4. The third-order valence-electron chi connectivity index (χ3n) is 5.01. The summed E-state index contributed by atoms with van der Waals surface area (Å²) >= 11 is 18.9. The molecular formula is C25H20Cl3NO. The van der Waals surface area contributed by atoms with Crippen LogP contribution in [0.1, 0.15) is 16.7 Å². The van der Waals surface area contributed by atoms with E-state index in [9.17, 15) is 0 Å². The average molecular weight is 457 g/mol. The number of aryl methyl sites for hydroxylation is 1. The lowest BCUT2D eigenvalue weighted by molar-refractivity contribution is 0.305. The monoisotopic (exact) mass is 455 g/mol. The van der Waals surface area contributed by atoms with Crippen LogP contribution in [0.3, 0.4) is 0 Å². The zero-order chi connectivity index (χ0) is 21.1. The molecule has 1 N–H and O–H groups in total. The number of fused-ring (bicyclic) bond motifs is 1. The molecule has 30 heavy (non-hydrogen) atoms. The summed E-state index contributed by atoms with van der Waals surface area (Å²) < 4.78 is 6.20. The van der Waals surface area contributed by atoms with Gasteiger partial charge in [0, 0.05) is 27.8 Å². The van der Waals surface area contributed by atoms with Gasteiger partial charge in [0.25, 0.3) is 0 Å². The van der Waals surface area contributed by atoms with Gasteiger partial charge in [-0.1, -0.05) is 83.3 Å². The van der Waals surface area contributed by atoms with Gasteiger partial charge >= 0.3 is 0 Å². The number of hydrogen-bond donors (Lipinski definition) is 1. The lowest BCUT2D eigenvalue weighted by Crippen LogP contribution is -2.05. The molecule has 0 unspecified atom stereocenters. The first-order valence-electron chi connectivity index (χ1n) is 9.58. The molecule has 0 bridgehead atoms. The summed E-state index contributed by atoms with van der Waals surface area (Å²) in [5.74, 6) is 0.626. The number of hydrogen-bond acceptors (Lipinski definition) is 2. The van der Waals surface area contributed by atoms with E-state index in [4.69, 9.17) is 39.5 Å². The van der Waals surface area contributed by atoms with Crippen LogP contribution in [0.4, 0.5) is 5.69 Å². The minimum atomic E-state index is 0.409. The van der Waals surface area contributed by atoms with E-state index in [-0.39, 0.29) is 0 Å². The van der Waals surface area contributed by atoms with E-state index in [0.717, 1.165) is 22.4 Å². The van der Waals surface area contributed by atoms with E-state index >= 15 is 0 Å². The molecule has 0 spiro atoms. The molecule has 0 saturated carbocycles. The fraction of sp³-hybridized carbons (Fsp3) is 0.120. The van der Waals surface area contributed by atoms with Crippen LogP contribution in [-0.4, -0.2) is 0 Å². The molecule has 0 aromatic heterocycles. The SMILES string of the molecule is Cc1ccc(Cl)cc1NCc1cc(Cl)cc(Cl)c1OCc1cccc2ccccc12. The first-order valence-corrected chi connectivity index (χ1v) is 10.7. The molecule has 4 aromatic rings. The zero-order valence-corrected chi connectivity index (χ0v) is 18.7. The molecule has 2 nitrogen and oxygen atoms in total. The van der Waals surface area contributed by atoms with E-state index < -0.39 is 0 Å². The van der Waals surface area contributed by atoms with Gasteiger partial charge in [0.2, 0.25) is 0 Å². The molecule has 4 aromatic carbocycles. The molecule has 5 heteroatoms. The fourth-order valence-electron chi connectivity index (χ4n) is 3.45. The van der Waals surface area contributed by atoms with Crippen molar-refractivity contribution in [3.05, 3.63) is 105 Å². The lowest BCUT2D eigenvalue weighted by Gasteiger charge is -2.17. The van der Waals surface area contributed by atoms with E-state index in [1.807, 2.05) is 49.4 Å². The topological polar surface area (TPSA) is 21.3 Å². The minimum absolute atomic E-state index is 0.409. The smallest absolute Gasteiger partial charge is 0.143 e. The van der Waals surface area contributed by atoms with Crippen molar-refractivity contribution in [2.45, 2.75) is 20.1 Å². The van der Waals surface area contributed by atoms with Crippen LogP contribution in [0.25, 0.3) is 10.8 Å². The fourth-order valence-corrected chi connectivity index (χ4v) is 4.21. The van der Waals surface area contributed by atoms with Crippen LogP contribution in [0, 0.1) is 6.92 Å². The molecule has 0 amide bonds. The highest BCUT2D eigenvalue weighted by Crippen LogP contribution is 2.34. The Morgan fingerprint density at radius 2 is 1.60 bits per heavy atom. The molecule has 0 aliphatic heterocycles. The van der Waals surface area contributed by atoms with Crippen molar-refractivity contribution in [3.8, 4) is 5.75 Å². The maximum atomic E-state index is 6.50. The van der Waals surface area contributed by atoms with Crippen LogP contribution in [-0.2, 0) is 13.2 Å². The third-order valence-corrected chi connectivity index (χ3v) is 5.74. The van der Waals surface area contributed by atoms with E-state index in [1.54, 1.807) is 6.07 Å². The average Bonchev–Trinajstić information content (AvgIpc) is 2.73. The highest BCUT2D eigenvalue weighted by Gasteiger charge is 2.13. The maximum absolute atomic E-state index is 6.50. The first-order chi connectivity index (χ1) is 14.5. The first kappa shape index (κ1) is 20.9. The molecular weight excluding hydrogens is 437 g/mol. The second-order valence-electron chi connectivity index (χ2n) is 7.12. The summed E-state index contributed by atoms with van der Waals surface area (Å²) in [6.45, 7) is 2.94. The Morgan fingerprint density at radius 3 is 2.47 bits per heavy atom. The highest BCUT2D eigenvalue weighted by atomic mass is 35.5. The molecule has 152 valence electrons. The predicted octanol–water partition coefficient (Wildman–Crippen LogP) is 8.30. The highest BCUT2D eigenvalue weighted by molar-refractivity contribution is 6.35. The van der Waals surface area contributed by atoms with E-state index in [1.165, 1.54) is 10.8 Å². The van der Waals surface area contributed by atoms with Gasteiger partial charge in [-0.15, -0.1) is 0 Å². The van der Waals surface area contributed by atoms with Gasteiger partial charge in [0.05, 0.1) is 5.02 Å². The summed E-state index contributed by atoms with van der Waals surface area (Å²) in [6, 6.07) is 23.8. The van der Waals surface area contributed by atoms with Gasteiger partial charge in [-0.25, -0.2) is 0 Å². The summed E-state index contributed by atoms with van der Waals surface area (Å²) in [7, 11) is 0. The van der Waals surface area contributed by atoms with Crippen LogP contribution in [0.5, 0.6) is 5.75 Å². The van der Waals surface area contributed by atoms with Crippen molar-refractivity contribution in [2.24, 2.45) is 0 Å². The Bertz CT molecular complexity index is 1200. The number of rotatable bonds is 6. The maximum Gasteiger partial charge on any atom is 0.143 e. The van der Waals surface area contributed by atoms with Crippen molar-refractivity contribution in [1.82, 2.24) is 0 Å². The summed E-state index contributed by atoms with van der Waals surface area (Å²) in [5.41, 5.74) is 4.04. The molecule has 0 aliphatic carbocycles. The Kier molecular flexibility index (Phi) is 6.38. The molecule has 0 radical (unpaired) electrons. The molecule has 0 saturated heterocycles. The standard InChI is InChI=1S/C25H20Cl3NO/c1-16-9-10-20(26)13-24(16)29-14-19-11-21(27)12-23(28)25(19)30-15-18-7-4-6-17-5-2-3-8-22(17)18/h2-13,29H,14-15H2,1H3. The Hall–Kier alpha value is -2.39. The van der Waals surface area contributed by atoms with Gasteiger partial charge in [0.1, 0.15) is 12.4 Å². The van der Waals surface area contributed by atoms with Gasteiger partial charge in [0.15, 0.2) is 0 Å². The van der Waals surface area contributed by atoms with Crippen molar-refractivity contribution in [3.63, 3.8) is 0 Å². The van der Waals surface area contributed by atoms with E-state index in [0.29, 0.717) is 34.0 Å². The minimum Gasteiger partial charge on any atom is -0.487 e. The number of halogens is 3. The molecule has 0 aliphatic rings. The predicted molar refractivity (Wildman–Crippen MR) is 128 cm³/mol. The van der Waals surface area contributed by atoms with Gasteiger partial charge in [-0.2, -0.15) is 0 Å². The number of ether oxygens (including phenoxy) is 1. The van der Waals surface area contributed by atoms with Crippen LogP contribution >= 0.6 is 34.8 Å². The van der Waals surface area contributed by atoms with Crippen molar-refractivity contribution >= 4 is 51.3 Å². The van der Waals surface area contributed by atoms with Gasteiger partial charge < -0.3 is 10.1 Å². The van der Waals surface area contributed by atoms with Crippen LogP contribution in [0.15, 0.2) is 72.8 Å². The summed E-state index contributed by atoms with van der Waals surface area (Å²) in [4.78, 5) is 0. The quantitative estimate of drug-likeness (QED) is 0.315. The van der Waals surface area contributed by atoms with Crippen molar-refractivity contribution < 1.29 is 4.74 Å².